The molecule has 0 fully saturated rings. The first kappa shape index (κ1) is 14.9. The number of benzene rings is 1. The van der Waals surface area contributed by atoms with E-state index < -0.39 is 0 Å². The van der Waals surface area contributed by atoms with Crippen molar-refractivity contribution in [1.29, 1.82) is 0 Å². The van der Waals surface area contributed by atoms with Crippen LogP contribution in [0.1, 0.15) is 24.5 Å². The van der Waals surface area contributed by atoms with Crippen molar-refractivity contribution in [3.63, 3.8) is 0 Å². The third kappa shape index (κ3) is 6.58. The number of allylic oxidation sites excluding steroid dienone is 1. The van der Waals surface area contributed by atoms with E-state index in [1.807, 2.05) is 0 Å². The van der Waals surface area contributed by atoms with Crippen molar-refractivity contribution in [2.24, 2.45) is 0 Å². The molecular weight excluding hydrogens is 222 g/mol. The molecule has 0 saturated carbocycles. The normalized spacial score (nSPS) is 11.2. The van der Waals surface area contributed by atoms with E-state index in [2.05, 4.69) is 48.7 Å². The maximum Gasteiger partial charge on any atom is 0.0587 e. The largest absolute Gasteiger partial charge is 0.383 e. The van der Waals surface area contributed by atoms with Crippen LogP contribution in [0.2, 0.25) is 0 Å². The van der Waals surface area contributed by atoms with Crippen molar-refractivity contribution in [2.75, 3.05) is 26.8 Å². The first-order valence-corrected chi connectivity index (χ1v) is 6.79. The Labute approximate surface area is 111 Å². The highest BCUT2D eigenvalue weighted by molar-refractivity contribution is 5.24. The van der Waals surface area contributed by atoms with Gasteiger partial charge in [-0.25, -0.2) is 0 Å². The fourth-order valence-electron chi connectivity index (χ4n) is 1.73. The highest BCUT2D eigenvalue weighted by Crippen LogP contribution is 2.06. The van der Waals surface area contributed by atoms with Crippen molar-refractivity contribution in [3.05, 3.63) is 47.5 Å². The zero-order valence-corrected chi connectivity index (χ0v) is 11.6. The van der Waals surface area contributed by atoms with Crippen LogP contribution < -0.4 is 5.32 Å². The van der Waals surface area contributed by atoms with Crippen molar-refractivity contribution >= 4 is 0 Å². The summed E-state index contributed by atoms with van der Waals surface area (Å²) in [5, 5.41) is 3.32. The van der Waals surface area contributed by atoms with Gasteiger partial charge in [0.25, 0.3) is 0 Å². The lowest BCUT2D eigenvalue weighted by atomic mass is 10.1. The highest BCUT2D eigenvalue weighted by atomic mass is 16.5. The minimum absolute atomic E-state index is 0.785. The second-order valence-electron chi connectivity index (χ2n) is 4.38. The molecule has 2 nitrogen and oxygen atoms in total. The number of ether oxygens (including phenoxy) is 1. The number of hydrogen-bond acceptors (Lipinski definition) is 2. The zero-order chi connectivity index (χ0) is 13.1. The van der Waals surface area contributed by atoms with Crippen LogP contribution in [-0.4, -0.2) is 26.8 Å². The molecule has 100 valence electrons. The first-order valence-electron chi connectivity index (χ1n) is 6.79. The summed E-state index contributed by atoms with van der Waals surface area (Å²) in [4.78, 5) is 0. The van der Waals surface area contributed by atoms with Gasteiger partial charge in [0.05, 0.1) is 6.61 Å². The molecule has 0 unspecified atom stereocenters. The van der Waals surface area contributed by atoms with Crippen LogP contribution in [0.4, 0.5) is 0 Å². The molecule has 0 aliphatic heterocycles. The fourth-order valence-corrected chi connectivity index (χ4v) is 1.73. The first-order chi connectivity index (χ1) is 8.86. The maximum absolute atomic E-state index is 4.97. The van der Waals surface area contributed by atoms with Crippen molar-refractivity contribution < 1.29 is 4.74 Å². The molecule has 0 aliphatic carbocycles. The van der Waals surface area contributed by atoms with E-state index in [9.17, 15) is 0 Å². The molecule has 2 heteroatoms. The lowest BCUT2D eigenvalue weighted by molar-refractivity contribution is 0.199. The van der Waals surface area contributed by atoms with Crippen LogP contribution in [0.25, 0.3) is 0 Å². The van der Waals surface area contributed by atoms with Crippen molar-refractivity contribution in [3.8, 4) is 0 Å². The summed E-state index contributed by atoms with van der Waals surface area (Å²) in [5.74, 6) is 0. The van der Waals surface area contributed by atoms with Gasteiger partial charge < -0.3 is 10.1 Å². The van der Waals surface area contributed by atoms with Gasteiger partial charge in [-0.2, -0.15) is 0 Å². The summed E-state index contributed by atoms with van der Waals surface area (Å²) in [6.07, 6.45) is 7.72. The predicted octanol–water partition coefficient (Wildman–Crippen LogP) is 2.97. The maximum atomic E-state index is 4.97. The molecule has 0 aliphatic rings. The van der Waals surface area contributed by atoms with Crippen LogP contribution in [0.15, 0.2) is 36.4 Å². The Bertz CT molecular complexity index is 329. The minimum atomic E-state index is 0.785. The van der Waals surface area contributed by atoms with Crippen LogP contribution >= 0.6 is 0 Å². The van der Waals surface area contributed by atoms with Gasteiger partial charge in [-0.05, 0) is 36.9 Å². The molecule has 0 amide bonds. The van der Waals surface area contributed by atoms with Crippen LogP contribution in [0.5, 0.6) is 0 Å². The fraction of sp³-hybridized carbons (Fsp3) is 0.500. The van der Waals surface area contributed by atoms with Crippen LogP contribution in [0.3, 0.4) is 0 Å². The Morgan fingerprint density at radius 1 is 1.06 bits per heavy atom. The topological polar surface area (TPSA) is 21.3 Å². The van der Waals surface area contributed by atoms with E-state index in [1.165, 1.54) is 11.1 Å². The SMILES string of the molecule is CCc1ccc(CC=CCCNCCOC)cc1. The summed E-state index contributed by atoms with van der Waals surface area (Å²) in [6.45, 7) is 4.93. The van der Waals surface area contributed by atoms with Gasteiger partial charge in [-0.1, -0.05) is 43.3 Å². The summed E-state index contributed by atoms with van der Waals surface area (Å²) < 4.78 is 4.97. The highest BCUT2D eigenvalue weighted by Gasteiger charge is 1.90. The van der Waals surface area contributed by atoms with E-state index in [0.717, 1.165) is 39.0 Å². The van der Waals surface area contributed by atoms with E-state index >= 15 is 0 Å². The van der Waals surface area contributed by atoms with Crippen LogP contribution in [-0.2, 0) is 17.6 Å². The molecular formula is C16H25NO. The number of methoxy groups -OCH3 is 1. The van der Waals surface area contributed by atoms with E-state index in [-0.39, 0.29) is 0 Å². The molecule has 1 aromatic carbocycles. The third-order valence-corrected chi connectivity index (χ3v) is 2.92. The Hall–Kier alpha value is -1.12. The van der Waals surface area contributed by atoms with E-state index in [4.69, 9.17) is 4.74 Å². The molecule has 1 rings (SSSR count). The molecule has 1 N–H and O–H groups in total. The lowest BCUT2D eigenvalue weighted by Crippen LogP contribution is -2.19. The Kier molecular flexibility index (Phi) is 8.19. The second kappa shape index (κ2) is 9.86. The van der Waals surface area contributed by atoms with Gasteiger partial charge in [0.15, 0.2) is 0 Å². The summed E-state index contributed by atoms with van der Waals surface area (Å²) in [7, 11) is 1.73. The molecule has 0 heterocycles. The Balaban J connectivity index is 2.11. The molecule has 0 spiro atoms. The number of hydrogen-bond donors (Lipinski definition) is 1. The molecule has 0 aromatic heterocycles. The third-order valence-electron chi connectivity index (χ3n) is 2.92. The quantitative estimate of drug-likeness (QED) is 0.535. The summed E-state index contributed by atoms with van der Waals surface area (Å²) in [5.41, 5.74) is 2.79. The number of aryl methyl sites for hydroxylation is 1. The van der Waals surface area contributed by atoms with Gasteiger partial charge in [0.2, 0.25) is 0 Å². The van der Waals surface area contributed by atoms with Crippen molar-refractivity contribution in [2.45, 2.75) is 26.2 Å². The number of rotatable bonds is 9. The Morgan fingerprint density at radius 3 is 2.44 bits per heavy atom. The van der Waals surface area contributed by atoms with Crippen molar-refractivity contribution in [1.82, 2.24) is 5.32 Å². The molecule has 0 radical (unpaired) electrons. The van der Waals surface area contributed by atoms with Gasteiger partial charge >= 0.3 is 0 Å². The summed E-state index contributed by atoms with van der Waals surface area (Å²) >= 11 is 0. The minimum Gasteiger partial charge on any atom is -0.383 e. The van der Waals surface area contributed by atoms with Gasteiger partial charge in [-0.3, -0.25) is 0 Å². The van der Waals surface area contributed by atoms with Gasteiger partial charge in [0.1, 0.15) is 0 Å². The molecule has 18 heavy (non-hydrogen) atoms. The molecule has 0 bridgehead atoms. The van der Waals surface area contributed by atoms with Gasteiger partial charge in [0, 0.05) is 13.7 Å². The molecule has 1 aromatic rings. The van der Waals surface area contributed by atoms with E-state index in [1.54, 1.807) is 7.11 Å². The Morgan fingerprint density at radius 2 is 1.78 bits per heavy atom. The monoisotopic (exact) mass is 247 g/mol. The zero-order valence-electron chi connectivity index (χ0n) is 11.6. The van der Waals surface area contributed by atoms with Gasteiger partial charge in [-0.15, -0.1) is 0 Å². The standard InChI is InChI=1S/C16H25NO/c1-3-15-8-10-16(11-9-15)7-5-4-6-12-17-13-14-18-2/h4-5,8-11,17H,3,6-7,12-14H2,1-2H3. The number of nitrogens with one attached hydrogen (secondary N) is 1. The smallest absolute Gasteiger partial charge is 0.0587 e. The predicted molar refractivity (Wildman–Crippen MR) is 78.0 cm³/mol. The summed E-state index contributed by atoms with van der Waals surface area (Å²) in [6, 6.07) is 8.88. The molecule has 0 atom stereocenters. The lowest BCUT2D eigenvalue weighted by Gasteiger charge is -2.01. The second-order valence-corrected chi connectivity index (χ2v) is 4.38. The average molecular weight is 247 g/mol. The van der Waals surface area contributed by atoms with Crippen LogP contribution in [0, 0.1) is 0 Å². The molecule has 0 saturated heterocycles. The van der Waals surface area contributed by atoms with E-state index in [0.29, 0.717) is 0 Å². The average Bonchev–Trinajstić information content (AvgIpc) is 2.42.